The molecule has 0 saturated carbocycles. The summed E-state index contributed by atoms with van der Waals surface area (Å²) in [4.78, 5) is 0. The lowest BCUT2D eigenvalue weighted by atomic mass is 9.98. The molecule has 0 spiro atoms. The summed E-state index contributed by atoms with van der Waals surface area (Å²) in [7, 11) is 0. The zero-order chi connectivity index (χ0) is 17.7. The second-order valence-corrected chi connectivity index (χ2v) is 5.29. The summed E-state index contributed by atoms with van der Waals surface area (Å²) in [5, 5.41) is 84.9. The van der Waals surface area contributed by atoms with E-state index in [-0.39, 0.29) is 5.48 Å². The molecule has 0 radical (unpaired) electrons. The highest BCUT2D eigenvalue weighted by molar-refractivity contribution is 4.91. The van der Waals surface area contributed by atoms with Crippen LogP contribution in [0.2, 0.25) is 0 Å². The Kier molecular flexibility index (Phi) is 10.3. The van der Waals surface area contributed by atoms with Crippen molar-refractivity contribution in [1.29, 1.82) is 0 Å². The van der Waals surface area contributed by atoms with Crippen LogP contribution >= 0.6 is 0 Å². The SMILES string of the molecule is O.OC[C@@H](O)[C@@H](O[C@@H]1O[C@H](CO)[C@H](O)[C@@H](O)[C@H]1O)[C@H](O)[C@@H](O)CO. The zero-order valence-electron chi connectivity index (χ0n) is 12.7. The van der Waals surface area contributed by atoms with E-state index in [4.69, 9.17) is 24.8 Å². The van der Waals surface area contributed by atoms with Gasteiger partial charge in [0.25, 0.3) is 0 Å². The first-order valence-electron chi connectivity index (χ1n) is 7.00. The van der Waals surface area contributed by atoms with Crippen molar-refractivity contribution in [2.24, 2.45) is 0 Å². The first-order valence-corrected chi connectivity index (χ1v) is 7.00. The molecule has 24 heavy (non-hydrogen) atoms. The minimum Gasteiger partial charge on any atom is -0.412 e. The monoisotopic (exact) mass is 362 g/mol. The van der Waals surface area contributed by atoms with Gasteiger partial charge in [-0.2, -0.15) is 0 Å². The Morgan fingerprint density at radius 2 is 1.38 bits per heavy atom. The van der Waals surface area contributed by atoms with E-state index in [0.29, 0.717) is 0 Å². The van der Waals surface area contributed by atoms with Crippen LogP contribution in [0.3, 0.4) is 0 Å². The van der Waals surface area contributed by atoms with Gasteiger partial charge in [0.2, 0.25) is 0 Å². The highest BCUT2D eigenvalue weighted by Gasteiger charge is 2.46. The maximum absolute atomic E-state index is 9.83. The largest absolute Gasteiger partial charge is 0.412 e. The third-order valence-corrected chi connectivity index (χ3v) is 3.62. The Morgan fingerprint density at radius 3 is 1.83 bits per heavy atom. The fraction of sp³-hybridized carbons (Fsp3) is 1.00. The summed E-state index contributed by atoms with van der Waals surface area (Å²) in [5.74, 6) is 0. The van der Waals surface area contributed by atoms with Crippen LogP contribution in [0.1, 0.15) is 0 Å². The molecular formula is C12H26O12. The lowest BCUT2D eigenvalue weighted by molar-refractivity contribution is -0.327. The molecular weight excluding hydrogens is 336 g/mol. The first-order chi connectivity index (χ1) is 10.8. The number of aliphatic hydroxyl groups is 9. The topological polar surface area (TPSA) is 232 Å². The van der Waals surface area contributed by atoms with E-state index in [1.807, 2.05) is 0 Å². The molecule has 1 saturated heterocycles. The molecule has 1 fully saturated rings. The van der Waals surface area contributed by atoms with E-state index in [1.165, 1.54) is 0 Å². The Balaban J connectivity index is 0.00000529. The number of hydrogen-bond acceptors (Lipinski definition) is 11. The summed E-state index contributed by atoms with van der Waals surface area (Å²) in [5.41, 5.74) is 0. The normalized spacial score (nSPS) is 35.6. The standard InChI is InChI=1S/C12H24O11.H2O/c13-1-4(16)7(18)11(5(17)2-14)23-12-10(21)9(20)8(19)6(3-15)22-12;/h4-21H,1-3H2;1H2/t4-,5+,6+,7+,8-,9+,10+,11+,12-;/m0./s1. The van der Waals surface area contributed by atoms with Gasteiger partial charge in [0, 0.05) is 0 Å². The Labute approximate surface area is 137 Å². The Bertz CT molecular complexity index is 342. The molecule has 12 heteroatoms. The van der Waals surface area contributed by atoms with E-state index in [2.05, 4.69) is 0 Å². The summed E-state index contributed by atoms with van der Waals surface area (Å²) >= 11 is 0. The summed E-state index contributed by atoms with van der Waals surface area (Å²) < 4.78 is 10.1. The smallest absolute Gasteiger partial charge is 0.187 e. The number of aliphatic hydroxyl groups excluding tert-OH is 9. The average Bonchev–Trinajstić information content (AvgIpc) is 2.57. The van der Waals surface area contributed by atoms with Crippen LogP contribution in [-0.2, 0) is 9.47 Å². The van der Waals surface area contributed by atoms with E-state index in [1.54, 1.807) is 0 Å². The molecule has 1 aliphatic heterocycles. The van der Waals surface area contributed by atoms with Crippen LogP contribution in [0, 0.1) is 0 Å². The molecule has 1 rings (SSSR count). The predicted molar refractivity (Wildman–Crippen MR) is 74.4 cm³/mol. The van der Waals surface area contributed by atoms with Gasteiger partial charge >= 0.3 is 0 Å². The van der Waals surface area contributed by atoms with Crippen molar-refractivity contribution < 1.29 is 60.9 Å². The van der Waals surface area contributed by atoms with Crippen LogP contribution in [0.15, 0.2) is 0 Å². The molecule has 0 aromatic heterocycles. The van der Waals surface area contributed by atoms with E-state index in [9.17, 15) is 30.6 Å². The highest BCUT2D eigenvalue weighted by Crippen LogP contribution is 2.24. The van der Waals surface area contributed by atoms with Gasteiger partial charge in [0.15, 0.2) is 6.29 Å². The maximum atomic E-state index is 9.83. The average molecular weight is 362 g/mol. The molecule has 9 atom stereocenters. The molecule has 1 heterocycles. The third kappa shape index (κ3) is 5.26. The van der Waals surface area contributed by atoms with Crippen molar-refractivity contribution in [3.05, 3.63) is 0 Å². The lowest BCUT2D eigenvalue weighted by Gasteiger charge is -2.42. The molecule has 0 amide bonds. The van der Waals surface area contributed by atoms with Crippen molar-refractivity contribution in [3.63, 3.8) is 0 Å². The Morgan fingerprint density at radius 1 is 0.833 bits per heavy atom. The van der Waals surface area contributed by atoms with Crippen LogP contribution in [0.5, 0.6) is 0 Å². The fourth-order valence-corrected chi connectivity index (χ4v) is 2.16. The molecule has 12 nitrogen and oxygen atoms in total. The van der Waals surface area contributed by atoms with Crippen molar-refractivity contribution in [1.82, 2.24) is 0 Å². The van der Waals surface area contributed by atoms with Crippen LogP contribution in [0.4, 0.5) is 0 Å². The van der Waals surface area contributed by atoms with E-state index >= 15 is 0 Å². The van der Waals surface area contributed by atoms with Gasteiger partial charge in [-0.25, -0.2) is 0 Å². The van der Waals surface area contributed by atoms with Gasteiger partial charge in [-0.15, -0.1) is 0 Å². The van der Waals surface area contributed by atoms with Crippen molar-refractivity contribution in [2.45, 2.75) is 55.1 Å². The summed E-state index contributed by atoms with van der Waals surface area (Å²) in [6.45, 7) is -2.45. The molecule has 0 aliphatic carbocycles. The molecule has 11 N–H and O–H groups in total. The molecule has 0 unspecified atom stereocenters. The van der Waals surface area contributed by atoms with E-state index < -0.39 is 74.9 Å². The van der Waals surface area contributed by atoms with Crippen LogP contribution in [0.25, 0.3) is 0 Å². The van der Waals surface area contributed by atoms with Crippen LogP contribution < -0.4 is 0 Å². The maximum Gasteiger partial charge on any atom is 0.187 e. The van der Waals surface area contributed by atoms with Gasteiger partial charge in [0.05, 0.1) is 19.8 Å². The van der Waals surface area contributed by atoms with Crippen molar-refractivity contribution >= 4 is 0 Å². The third-order valence-electron chi connectivity index (χ3n) is 3.62. The van der Waals surface area contributed by atoms with Crippen molar-refractivity contribution in [2.75, 3.05) is 19.8 Å². The number of rotatable bonds is 8. The molecule has 0 bridgehead atoms. The Hall–Kier alpha value is -0.480. The number of ether oxygens (including phenoxy) is 2. The second-order valence-electron chi connectivity index (χ2n) is 5.29. The molecule has 1 aliphatic rings. The number of hydrogen-bond donors (Lipinski definition) is 9. The van der Waals surface area contributed by atoms with Gasteiger partial charge < -0.3 is 60.9 Å². The predicted octanol–water partition coefficient (Wildman–Crippen LogP) is -6.59. The van der Waals surface area contributed by atoms with Gasteiger partial charge in [-0.05, 0) is 0 Å². The quantitative estimate of drug-likeness (QED) is 0.197. The first kappa shape index (κ1) is 23.5. The molecule has 0 aromatic carbocycles. The van der Waals surface area contributed by atoms with Gasteiger partial charge in [-0.1, -0.05) is 0 Å². The molecule has 146 valence electrons. The summed E-state index contributed by atoms with van der Waals surface area (Å²) in [6, 6.07) is 0. The van der Waals surface area contributed by atoms with Gasteiger partial charge in [-0.3, -0.25) is 0 Å². The zero-order valence-corrected chi connectivity index (χ0v) is 12.7. The van der Waals surface area contributed by atoms with Gasteiger partial charge in [0.1, 0.15) is 48.8 Å². The second kappa shape index (κ2) is 10.5. The van der Waals surface area contributed by atoms with Crippen molar-refractivity contribution in [3.8, 4) is 0 Å². The lowest BCUT2D eigenvalue weighted by Crippen LogP contribution is -2.61. The van der Waals surface area contributed by atoms with E-state index in [0.717, 1.165) is 0 Å². The minimum absolute atomic E-state index is 0. The fourth-order valence-electron chi connectivity index (χ4n) is 2.16. The minimum atomic E-state index is -1.85. The summed E-state index contributed by atoms with van der Waals surface area (Å²) in [6.07, 6.45) is -15.1. The van der Waals surface area contributed by atoms with Crippen LogP contribution in [-0.4, -0.2) is 126 Å². The molecule has 0 aromatic rings. The highest BCUT2D eigenvalue weighted by atomic mass is 16.7.